The van der Waals surface area contributed by atoms with Crippen LogP contribution in [0.3, 0.4) is 0 Å². The minimum Gasteiger partial charge on any atom is -0.309 e. The molecule has 100 valence electrons. The number of rotatable bonds is 2. The second kappa shape index (κ2) is 4.98. The third-order valence-electron chi connectivity index (χ3n) is 3.47. The topological polar surface area (TPSA) is 24.9 Å². The number of aryl methyl sites for hydroxylation is 1. The molecule has 2 aromatic rings. The summed E-state index contributed by atoms with van der Waals surface area (Å²) in [5.41, 5.74) is 1.38. The van der Waals surface area contributed by atoms with Crippen molar-refractivity contribution < 1.29 is 8.78 Å². The average Bonchev–Trinajstić information content (AvgIpc) is 3.00. The second-order valence-electron chi connectivity index (χ2n) is 4.82. The van der Waals surface area contributed by atoms with Crippen LogP contribution in [0.5, 0.6) is 0 Å². The van der Waals surface area contributed by atoms with Crippen molar-refractivity contribution in [3.05, 3.63) is 51.5 Å². The third kappa shape index (κ3) is 2.40. The van der Waals surface area contributed by atoms with Crippen LogP contribution < -0.4 is 5.32 Å². The molecule has 0 aliphatic carbocycles. The van der Waals surface area contributed by atoms with E-state index in [0.29, 0.717) is 5.56 Å². The van der Waals surface area contributed by atoms with Gasteiger partial charge in [0.2, 0.25) is 0 Å². The van der Waals surface area contributed by atoms with Crippen molar-refractivity contribution in [3.63, 3.8) is 0 Å². The van der Waals surface area contributed by atoms with Crippen LogP contribution in [0, 0.1) is 18.6 Å². The molecule has 0 bridgehead atoms. The Morgan fingerprint density at radius 2 is 2.21 bits per heavy atom. The van der Waals surface area contributed by atoms with E-state index in [1.807, 2.05) is 12.3 Å². The van der Waals surface area contributed by atoms with Crippen LogP contribution in [0.4, 0.5) is 8.78 Å². The molecule has 3 rings (SSSR count). The molecule has 0 amide bonds. The van der Waals surface area contributed by atoms with E-state index in [1.54, 1.807) is 11.3 Å². The lowest BCUT2D eigenvalue weighted by Crippen LogP contribution is -2.18. The molecule has 2 unspecified atom stereocenters. The molecule has 2 heterocycles. The molecular formula is C14H14F2N2S. The molecule has 2 nitrogen and oxygen atoms in total. The highest BCUT2D eigenvalue weighted by Crippen LogP contribution is 2.39. The normalized spacial score (nSPS) is 22.9. The predicted octanol–water partition coefficient (Wildman–Crippen LogP) is 3.55. The Bertz CT molecular complexity index is 597. The number of nitrogens with one attached hydrogen (secondary N) is 1. The highest BCUT2D eigenvalue weighted by atomic mass is 32.1. The van der Waals surface area contributed by atoms with Gasteiger partial charge in [-0.1, -0.05) is 0 Å². The van der Waals surface area contributed by atoms with Gasteiger partial charge in [0.05, 0.1) is 5.01 Å². The van der Waals surface area contributed by atoms with Gasteiger partial charge in [-0.2, -0.15) is 0 Å². The Kier molecular flexibility index (Phi) is 3.33. The number of aromatic nitrogens is 1. The van der Waals surface area contributed by atoms with Gasteiger partial charge < -0.3 is 5.32 Å². The lowest BCUT2D eigenvalue weighted by Gasteiger charge is -2.18. The number of hydrogen-bond donors (Lipinski definition) is 1. The van der Waals surface area contributed by atoms with E-state index < -0.39 is 5.82 Å². The molecule has 1 fully saturated rings. The standard InChI is InChI=1S/C14H14F2N2S/c1-8-7-19-14(18-8)10-4-5-17-13(10)11-6-9(15)2-3-12(11)16/h2-3,6-7,10,13,17H,4-5H2,1H3. The fourth-order valence-electron chi connectivity index (χ4n) is 2.59. The van der Waals surface area contributed by atoms with Gasteiger partial charge in [-0.3, -0.25) is 0 Å². The number of nitrogens with zero attached hydrogens (tertiary/aromatic N) is 1. The Balaban J connectivity index is 1.97. The minimum atomic E-state index is -0.404. The largest absolute Gasteiger partial charge is 0.309 e. The van der Waals surface area contributed by atoms with E-state index in [2.05, 4.69) is 10.3 Å². The Labute approximate surface area is 114 Å². The van der Waals surface area contributed by atoms with Crippen molar-refractivity contribution in [2.45, 2.75) is 25.3 Å². The number of halogens is 2. The van der Waals surface area contributed by atoms with Crippen LogP contribution in [0.1, 0.15) is 34.6 Å². The zero-order valence-electron chi connectivity index (χ0n) is 10.5. The van der Waals surface area contributed by atoms with Crippen LogP contribution in [-0.4, -0.2) is 11.5 Å². The molecule has 19 heavy (non-hydrogen) atoms. The van der Waals surface area contributed by atoms with Crippen LogP contribution in [0.25, 0.3) is 0 Å². The molecule has 1 aliphatic rings. The molecule has 5 heteroatoms. The fourth-order valence-corrected chi connectivity index (χ4v) is 3.56. The minimum absolute atomic E-state index is 0.120. The Morgan fingerprint density at radius 1 is 1.37 bits per heavy atom. The predicted molar refractivity (Wildman–Crippen MR) is 71.3 cm³/mol. The smallest absolute Gasteiger partial charge is 0.128 e. The highest BCUT2D eigenvalue weighted by Gasteiger charge is 2.33. The summed E-state index contributed by atoms with van der Waals surface area (Å²) in [7, 11) is 0. The Morgan fingerprint density at radius 3 is 2.95 bits per heavy atom. The lowest BCUT2D eigenvalue weighted by atomic mass is 9.94. The number of hydrogen-bond acceptors (Lipinski definition) is 3. The number of thiazole rings is 1. The van der Waals surface area contributed by atoms with E-state index in [1.165, 1.54) is 12.1 Å². The van der Waals surface area contributed by atoms with E-state index >= 15 is 0 Å². The maximum Gasteiger partial charge on any atom is 0.128 e. The molecule has 1 saturated heterocycles. The first-order chi connectivity index (χ1) is 9.15. The van der Waals surface area contributed by atoms with Gasteiger partial charge in [-0.25, -0.2) is 13.8 Å². The molecule has 1 aromatic heterocycles. The summed E-state index contributed by atoms with van der Waals surface area (Å²) in [6, 6.07) is 3.43. The van der Waals surface area contributed by atoms with Gasteiger partial charge >= 0.3 is 0 Å². The molecule has 0 saturated carbocycles. The first-order valence-corrected chi connectivity index (χ1v) is 7.13. The molecule has 1 aliphatic heterocycles. The van der Waals surface area contributed by atoms with Crippen molar-refractivity contribution in [3.8, 4) is 0 Å². The molecule has 1 N–H and O–H groups in total. The van der Waals surface area contributed by atoms with E-state index in [4.69, 9.17) is 0 Å². The lowest BCUT2D eigenvalue weighted by molar-refractivity contribution is 0.514. The van der Waals surface area contributed by atoms with Gasteiger partial charge in [0.25, 0.3) is 0 Å². The van der Waals surface area contributed by atoms with Crippen LogP contribution in [-0.2, 0) is 0 Å². The zero-order chi connectivity index (χ0) is 13.4. The fraction of sp³-hybridized carbons (Fsp3) is 0.357. The van der Waals surface area contributed by atoms with Crippen LogP contribution in [0.15, 0.2) is 23.6 Å². The van der Waals surface area contributed by atoms with E-state index in [9.17, 15) is 8.78 Å². The maximum absolute atomic E-state index is 13.9. The summed E-state index contributed by atoms with van der Waals surface area (Å²) >= 11 is 1.59. The summed E-state index contributed by atoms with van der Waals surface area (Å²) in [6.07, 6.45) is 0.896. The van der Waals surface area contributed by atoms with E-state index in [-0.39, 0.29) is 17.8 Å². The Hall–Kier alpha value is -1.33. The molecule has 0 radical (unpaired) electrons. The van der Waals surface area contributed by atoms with Crippen molar-refractivity contribution >= 4 is 11.3 Å². The second-order valence-corrected chi connectivity index (χ2v) is 5.71. The molecule has 1 aromatic carbocycles. The zero-order valence-corrected chi connectivity index (χ0v) is 11.3. The number of benzene rings is 1. The van der Waals surface area contributed by atoms with Crippen LogP contribution in [0.2, 0.25) is 0 Å². The first kappa shape index (κ1) is 12.7. The summed E-state index contributed by atoms with van der Waals surface area (Å²) in [6.45, 7) is 2.74. The summed E-state index contributed by atoms with van der Waals surface area (Å²) < 4.78 is 27.2. The van der Waals surface area contributed by atoms with Crippen LogP contribution >= 0.6 is 11.3 Å². The monoisotopic (exact) mass is 280 g/mol. The third-order valence-corrected chi connectivity index (χ3v) is 4.56. The van der Waals surface area contributed by atoms with Crippen molar-refractivity contribution in [2.75, 3.05) is 6.54 Å². The first-order valence-electron chi connectivity index (χ1n) is 6.25. The van der Waals surface area contributed by atoms with Crippen molar-refractivity contribution in [2.24, 2.45) is 0 Å². The van der Waals surface area contributed by atoms with E-state index in [0.717, 1.165) is 29.7 Å². The van der Waals surface area contributed by atoms with Gasteiger partial charge in [0, 0.05) is 28.6 Å². The molecule has 2 atom stereocenters. The van der Waals surface area contributed by atoms with Crippen molar-refractivity contribution in [1.29, 1.82) is 0 Å². The quantitative estimate of drug-likeness (QED) is 0.910. The average molecular weight is 280 g/mol. The summed E-state index contributed by atoms with van der Waals surface area (Å²) in [5.74, 6) is -0.645. The SMILES string of the molecule is Cc1csc(C2CCNC2c2cc(F)ccc2F)n1. The van der Waals surface area contributed by atoms with Gasteiger partial charge in [-0.15, -0.1) is 11.3 Å². The maximum atomic E-state index is 13.9. The van der Waals surface area contributed by atoms with Gasteiger partial charge in [0.1, 0.15) is 11.6 Å². The highest BCUT2D eigenvalue weighted by molar-refractivity contribution is 7.09. The molecular weight excluding hydrogens is 266 g/mol. The molecule has 0 spiro atoms. The van der Waals surface area contributed by atoms with Crippen molar-refractivity contribution in [1.82, 2.24) is 10.3 Å². The van der Waals surface area contributed by atoms with Gasteiger partial charge in [-0.05, 0) is 38.1 Å². The summed E-state index contributed by atoms with van der Waals surface area (Å²) in [5, 5.41) is 6.25. The summed E-state index contributed by atoms with van der Waals surface area (Å²) in [4.78, 5) is 4.48. The van der Waals surface area contributed by atoms with Gasteiger partial charge in [0.15, 0.2) is 0 Å².